The maximum absolute atomic E-state index is 12.5. The topological polar surface area (TPSA) is 52.7 Å². The highest BCUT2D eigenvalue weighted by Crippen LogP contribution is 2.27. The Bertz CT molecular complexity index is 369. The Morgan fingerprint density at radius 1 is 1.43 bits per heavy atom. The summed E-state index contributed by atoms with van der Waals surface area (Å²) in [5.41, 5.74) is 0. The number of hydrogen-bond donors (Lipinski definition) is 1. The Hall–Kier alpha value is -1.10. The first kappa shape index (κ1) is 16.3. The average molecular weight is 295 g/mol. The van der Waals surface area contributed by atoms with Crippen molar-refractivity contribution in [2.24, 2.45) is 5.92 Å². The molecule has 120 valence electrons. The summed E-state index contributed by atoms with van der Waals surface area (Å²) in [4.78, 5) is 28.4. The normalized spacial score (nSPS) is 23.0. The molecule has 0 radical (unpaired) electrons. The standard InChI is InChI=1S/C16H29N3O2/c1-3-4-9-18(2)15(20)11-14-16(21)19(10-8-17-14)12-13-6-5-7-13/h13-14,17H,3-12H2,1-2H3. The van der Waals surface area contributed by atoms with Gasteiger partial charge in [-0.2, -0.15) is 0 Å². The van der Waals surface area contributed by atoms with Gasteiger partial charge in [-0.25, -0.2) is 0 Å². The minimum Gasteiger partial charge on any atom is -0.346 e. The van der Waals surface area contributed by atoms with Crippen LogP contribution in [0.4, 0.5) is 0 Å². The minimum atomic E-state index is -0.324. The Labute approximate surface area is 128 Å². The van der Waals surface area contributed by atoms with E-state index in [9.17, 15) is 9.59 Å². The quantitative estimate of drug-likeness (QED) is 0.769. The van der Waals surface area contributed by atoms with Crippen LogP contribution in [0.3, 0.4) is 0 Å². The molecule has 1 aliphatic heterocycles. The summed E-state index contributed by atoms with van der Waals surface area (Å²) >= 11 is 0. The largest absolute Gasteiger partial charge is 0.346 e. The maximum atomic E-state index is 12.5. The summed E-state index contributed by atoms with van der Waals surface area (Å²) in [7, 11) is 1.83. The van der Waals surface area contributed by atoms with Crippen LogP contribution in [0.1, 0.15) is 45.4 Å². The van der Waals surface area contributed by atoms with Crippen molar-refractivity contribution < 1.29 is 9.59 Å². The third-order valence-corrected chi connectivity index (χ3v) is 4.74. The van der Waals surface area contributed by atoms with E-state index in [2.05, 4.69) is 12.2 Å². The van der Waals surface area contributed by atoms with Gasteiger partial charge in [0.15, 0.2) is 0 Å². The molecule has 5 heteroatoms. The first-order chi connectivity index (χ1) is 10.1. The fourth-order valence-corrected chi connectivity index (χ4v) is 2.97. The summed E-state index contributed by atoms with van der Waals surface area (Å²) in [6, 6.07) is -0.324. The maximum Gasteiger partial charge on any atom is 0.240 e. The number of hydrogen-bond acceptors (Lipinski definition) is 3. The number of amides is 2. The van der Waals surface area contributed by atoms with Gasteiger partial charge in [0.05, 0.1) is 12.5 Å². The second-order valence-corrected chi connectivity index (χ2v) is 6.46. The predicted molar refractivity (Wildman–Crippen MR) is 82.9 cm³/mol. The van der Waals surface area contributed by atoms with Gasteiger partial charge in [0.25, 0.3) is 0 Å². The Balaban J connectivity index is 1.81. The van der Waals surface area contributed by atoms with E-state index in [4.69, 9.17) is 0 Å². The van der Waals surface area contributed by atoms with E-state index in [1.165, 1.54) is 19.3 Å². The molecule has 2 rings (SSSR count). The molecular formula is C16H29N3O2. The fourth-order valence-electron chi connectivity index (χ4n) is 2.97. The van der Waals surface area contributed by atoms with Crippen molar-refractivity contribution in [1.82, 2.24) is 15.1 Å². The van der Waals surface area contributed by atoms with Gasteiger partial charge in [0.1, 0.15) is 0 Å². The van der Waals surface area contributed by atoms with E-state index in [0.717, 1.165) is 39.0 Å². The first-order valence-electron chi connectivity index (χ1n) is 8.38. The summed E-state index contributed by atoms with van der Waals surface area (Å²) < 4.78 is 0. The molecular weight excluding hydrogens is 266 g/mol. The van der Waals surface area contributed by atoms with Gasteiger partial charge in [-0.3, -0.25) is 9.59 Å². The second-order valence-electron chi connectivity index (χ2n) is 6.46. The Morgan fingerprint density at radius 3 is 2.81 bits per heavy atom. The van der Waals surface area contributed by atoms with Crippen LogP contribution in [0.25, 0.3) is 0 Å². The molecule has 1 heterocycles. The number of carbonyl (C=O) groups excluding carboxylic acids is 2. The molecule has 2 amide bonds. The SMILES string of the molecule is CCCCN(C)C(=O)CC1NCCN(CC2CCC2)C1=O. The predicted octanol–water partition coefficient (Wildman–Crippen LogP) is 1.24. The zero-order chi connectivity index (χ0) is 15.2. The van der Waals surface area contributed by atoms with E-state index in [-0.39, 0.29) is 17.9 Å². The summed E-state index contributed by atoms with van der Waals surface area (Å²) in [6.07, 6.45) is 6.19. The van der Waals surface area contributed by atoms with Crippen LogP contribution in [0.5, 0.6) is 0 Å². The van der Waals surface area contributed by atoms with Gasteiger partial charge in [0, 0.05) is 33.2 Å². The molecule has 1 unspecified atom stereocenters. The number of rotatable bonds is 7. The molecule has 0 spiro atoms. The number of unbranched alkanes of at least 4 members (excludes halogenated alkanes) is 1. The molecule has 2 aliphatic rings. The molecule has 0 aromatic rings. The highest BCUT2D eigenvalue weighted by atomic mass is 16.2. The van der Waals surface area contributed by atoms with Crippen molar-refractivity contribution in [3.8, 4) is 0 Å². The summed E-state index contributed by atoms with van der Waals surface area (Å²) in [5.74, 6) is 0.876. The molecule has 0 aromatic heterocycles. The van der Waals surface area contributed by atoms with Crippen LogP contribution in [-0.2, 0) is 9.59 Å². The lowest BCUT2D eigenvalue weighted by molar-refractivity contribution is -0.141. The van der Waals surface area contributed by atoms with Crippen LogP contribution in [0, 0.1) is 5.92 Å². The number of piperazine rings is 1. The van der Waals surface area contributed by atoms with Crippen molar-refractivity contribution >= 4 is 11.8 Å². The lowest BCUT2D eigenvalue weighted by atomic mass is 9.85. The molecule has 0 bridgehead atoms. The van der Waals surface area contributed by atoms with Crippen LogP contribution in [0.2, 0.25) is 0 Å². The molecule has 2 fully saturated rings. The fraction of sp³-hybridized carbons (Fsp3) is 0.875. The van der Waals surface area contributed by atoms with Crippen LogP contribution in [-0.4, -0.2) is 60.9 Å². The second kappa shape index (κ2) is 7.78. The average Bonchev–Trinajstić information content (AvgIpc) is 2.43. The number of carbonyl (C=O) groups is 2. The van der Waals surface area contributed by atoms with Crippen molar-refractivity contribution in [2.75, 3.05) is 33.2 Å². The lowest BCUT2D eigenvalue weighted by Gasteiger charge is -2.38. The molecule has 1 saturated carbocycles. The van der Waals surface area contributed by atoms with Crippen LogP contribution >= 0.6 is 0 Å². The highest BCUT2D eigenvalue weighted by molar-refractivity contribution is 5.88. The van der Waals surface area contributed by atoms with E-state index in [1.54, 1.807) is 4.90 Å². The third kappa shape index (κ3) is 4.43. The smallest absolute Gasteiger partial charge is 0.240 e. The molecule has 5 nitrogen and oxygen atoms in total. The third-order valence-electron chi connectivity index (χ3n) is 4.74. The Morgan fingerprint density at radius 2 is 2.19 bits per heavy atom. The first-order valence-corrected chi connectivity index (χ1v) is 8.38. The van der Waals surface area contributed by atoms with Crippen LogP contribution < -0.4 is 5.32 Å². The van der Waals surface area contributed by atoms with Gasteiger partial charge in [-0.05, 0) is 25.2 Å². The number of nitrogens with one attached hydrogen (secondary N) is 1. The van der Waals surface area contributed by atoms with Gasteiger partial charge >= 0.3 is 0 Å². The van der Waals surface area contributed by atoms with E-state index in [1.807, 2.05) is 11.9 Å². The van der Waals surface area contributed by atoms with Gasteiger partial charge in [-0.15, -0.1) is 0 Å². The van der Waals surface area contributed by atoms with E-state index >= 15 is 0 Å². The number of nitrogens with zero attached hydrogens (tertiary/aromatic N) is 2. The molecule has 0 aromatic carbocycles. The molecule has 1 N–H and O–H groups in total. The lowest BCUT2D eigenvalue weighted by Crippen LogP contribution is -2.57. The summed E-state index contributed by atoms with van der Waals surface area (Å²) in [6.45, 7) is 5.36. The molecule has 1 atom stereocenters. The van der Waals surface area contributed by atoms with Gasteiger partial charge in [-0.1, -0.05) is 19.8 Å². The van der Waals surface area contributed by atoms with Crippen molar-refractivity contribution in [2.45, 2.75) is 51.5 Å². The highest BCUT2D eigenvalue weighted by Gasteiger charge is 2.32. The zero-order valence-corrected chi connectivity index (χ0v) is 13.4. The molecule has 21 heavy (non-hydrogen) atoms. The van der Waals surface area contributed by atoms with Crippen molar-refractivity contribution in [1.29, 1.82) is 0 Å². The van der Waals surface area contributed by atoms with Crippen molar-refractivity contribution in [3.05, 3.63) is 0 Å². The summed E-state index contributed by atoms with van der Waals surface area (Å²) in [5, 5.41) is 3.21. The Kier molecular flexibility index (Phi) is 6.03. The molecule has 1 aliphatic carbocycles. The van der Waals surface area contributed by atoms with Crippen molar-refractivity contribution in [3.63, 3.8) is 0 Å². The zero-order valence-electron chi connectivity index (χ0n) is 13.4. The van der Waals surface area contributed by atoms with Crippen LogP contribution in [0.15, 0.2) is 0 Å². The van der Waals surface area contributed by atoms with Gasteiger partial charge in [0.2, 0.25) is 11.8 Å². The molecule has 1 saturated heterocycles. The van der Waals surface area contributed by atoms with Gasteiger partial charge < -0.3 is 15.1 Å². The van der Waals surface area contributed by atoms with E-state index in [0.29, 0.717) is 12.3 Å². The minimum absolute atomic E-state index is 0.0693. The monoisotopic (exact) mass is 295 g/mol. The van der Waals surface area contributed by atoms with E-state index < -0.39 is 0 Å².